The number of aromatic nitrogens is 1. The zero-order valence-corrected chi connectivity index (χ0v) is 11.7. The van der Waals surface area contributed by atoms with E-state index in [1.54, 1.807) is 37.3 Å². The van der Waals surface area contributed by atoms with Crippen LogP contribution in [0.5, 0.6) is 0 Å². The summed E-state index contributed by atoms with van der Waals surface area (Å²) in [6.45, 7) is 1.54. The topological polar surface area (TPSA) is 59.3 Å². The van der Waals surface area contributed by atoms with Gasteiger partial charge in [-0.15, -0.1) is 0 Å². The highest BCUT2D eigenvalue weighted by Gasteiger charge is 2.21. The van der Waals surface area contributed by atoms with Crippen molar-refractivity contribution in [3.63, 3.8) is 0 Å². The third kappa shape index (κ3) is 1.98. The average molecular weight is 297 g/mol. The summed E-state index contributed by atoms with van der Waals surface area (Å²) in [5, 5.41) is 9.38. The molecule has 0 aliphatic carbocycles. The molecule has 0 bridgehead atoms. The molecule has 4 nitrogen and oxygen atoms in total. The van der Waals surface area contributed by atoms with Crippen LogP contribution in [0, 0.1) is 12.7 Å². The molecular weight excluding hydrogens is 285 g/mol. The lowest BCUT2D eigenvalue weighted by atomic mass is 10.0. The van der Waals surface area contributed by atoms with Crippen LogP contribution >= 0.6 is 0 Å². The predicted octanol–water partition coefficient (Wildman–Crippen LogP) is 3.14. The summed E-state index contributed by atoms with van der Waals surface area (Å²) < 4.78 is 15.3. The lowest BCUT2D eigenvalue weighted by Crippen LogP contribution is -2.25. The van der Waals surface area contributed by atoms with Crippen LogP contribution < -0.4 is 5.56 Å². The Hall–Kier alpha value is -2.95. The van der Waals surface area contributed by atoms with Crippen molar-refractivity contribution in [3.05, 3.63) is 76.0 Å². The van der Waals surface area contributed by atoms with Gasteiger partial charge in [0.2, 0.25) is 0 Å². The number of carbonyl (C=O) groups is 1. The first kappa shape index (κ1) is 14.0. The molecule has 0 radical (unpaired) electrons. The molecule has 0 atom stereocenters. The number of carboxylic acids is 1. The second-order valence-electron chi connectivity index (χ2n) is 4.90. The van der Waals surface area contributed by atoms with Crippen molar-refractivity contribution >= 4 is 16.7 Å². The molecule has 22 heavy (non-hydrogen) atoms. The molecule has 3 rings (SSSR count). The van der Waals surface area contributed by atoms with Gasteiger partial charge in [-0.3, -0.25) is 9.36 Å². The Morgan fingerprint density at radius 1 is 1.09 bits per heavy atom. The average Bonchev–Trinajstić information content (AvgIpc) is 2.48. The molecule has 1 heterocycles. The summed E-state index contributed by atoms with van der Waals surface area (Å²) in [5.41, 5.74) is 0.124. The number of benzene rings is 2. The Kier molecular flexibility index (Phi) is 3.25. The fraction of sp³-hybridized carbons (Fsp3) is 0.0588. The van der Waals surface area contributed by atoms with Gasteiger partial charge >= 0.3 is 5.97 Å². The van der Waals surface area contributed by atoms with Crippen LogP contribution in [0.4, 0.5) is 4.39 Å². The molecule has 0 spiro atoms. The molecule has 3 aromatic rings. The van der Waals surface area contributed by atoms with E-state index in [0.717, 1.165) is 6.07 Å². The number of pyridine rings is 1. The second kappa shape index (κ2) is 5.11. The zero-order valence-electron chi connectivity index (χ0n) is 11.7. The van der Waals surface area contributed by atoms with E-state index in [1.165, 1.54) is 16.7 Å². The van der Waals surface area contributed by atoms with Crippen molar-refractivity contribution in [1.82, 2.24) is 4.57 Å². The smallest absolute Gasteiger partial charge is 0.338 e. The molecule has 0 unspecified atom stereocenters. The standard InChI is InChI=1S/C17H12FNO3/c1-10-14(17(21)22)12-8-5-9-13(18)15(12)16(20)19(10)11-6-3-2-4-7-11/h2-9H,1H3,(H,21,22). The minimum Gasteiger partial charge on any atom is -0.478 e. The number of nitrogens with zero attached hydrogens (tertiary/aromatic N) is 1. The molecule has 0 aliphatic rings. The first-order valence-corrected chi connectivity index (χ1v) is 6.65. The van der Waals surface area contributed by atoms with E-state index in [2.05, 4.69) is 0 Å². The normalized spacial score (nSPS) is 10.8. The third-order valence-corrected chi connectivity index (χ3v) is 3.63. The molecule has 0 aliphatic heterocycles. The maximum Gasteiger partial charge on any atom is 0.338 e. The van der Waals surface area contributed by atoms with Crippen LogP contribution in [0.3, 0.4) is 0 Å². The summed E-state index contributed by atoms with van der Waals surface area (Å²) in [5.74, 6) is -1.92. The minimum atomic E-state index is -1.20. The van der Waals surface area contributed by atoms with Crippen LogP contribution in [-0.2, 0) is 0 Å². The molecule has 0 saturated carbocycles. The van der Waals surface area contributed by atoms with Gasteiger partial charge in [-0.2, -0.15) is 0 Å². The van der Waals surface area contributed by atoms with Gasteiger partial charge in [0, 0.05) is 16.8 Å². The Bertz CT molecular complexity index is 946. The van der Waals surface area contributed by atoms with Gasteiger partial charge in [0.05, 0.1) is 10.9 Å². The maximum absolute atomic E-state index is 14.1. The summed E-state index contributed by atoms with van der Waals surface area (Å²) in [6, 6.07) is 12.6. The zero-order chi connectivity index (χ0) is 15.9. The van der Waals surface area contributed by atoms with Gasteiger partial charge in [-0.25, -0.2) is 9.18 Å². The van der Waals surface area contributed by atoms with E-state index in [9.17, 15) is 19.1 Å². The number of halogens is 1. The fourth-order valence-corrected chi connectivity index (χ4v) is 2.68. The van der Waals surface area contributed by atoms with Gasteiger partial charge in [0.25, 0.3) is 5.56 Å². The maximum atomic E-state index is 14.1. The van der Waals surface area contributed by atoms with E-state index in [4.69, 9.17) is 0 Å². The highest BCUT2D eigenvalue weighted by atomic mass is 19.1. The number of fused-ring (bicyclic) bond motifs is 1. The van der Waals surface area contributed by atoms with E-state index in [0.29, 0.717) is 5.69 Å². The highest BCUT2D eigenvalue weighted by Crippen LogP contribution is 2.23. The predicted molar refractivity (Wildman–Crippen MR) is 81.2 cm³/mol. The largest absolute Gasteiger partial charge is 0.478 e. The fourth-order valence-electron chi connectivity index (χ4n) is 2.68. The summed E-state index contributed by atoms with van der Waals surface area (Å²) in [6.07, 6.45) is 0. The molecule has 0 fully saturated rings. The molecule has 1 aromatic heterocycles. The quantitative estimate of drug-likeness (QED) is 0.790. The van der Waals surface area contributed by atoms with Crippen LogP contribution in [0.15, 0.2) is 53.3 Å². The first-order valence-electron chi connectivity index (χ1n) is 6.65. The van der Waals surface area contributed by atoms with Crippen molar-refractivity contribution in [2.75, 3.05) is 0 Å². The van der Waals surface area contributed by atoms with E-state index in [-0.39, 0.29) is 22.0 Å². The third-order valence-electron chi connectivity index (χ3n) is 3.63. The molecule has 0 saturated heterocycles. The monoisotopic (exact) mass is 297 g/mol. The Morgan fingerprint density at radius 2 is 1.77 bits per heavy atom. The van der Waals surface area contributed by atoms with Gasteiger partial charge in [0.1, 0.15) is 5.82 Å². The lowest BCUT2D eigenvalue weighted by Gasteiger charge is -2.15. The molecule has 2 aromatic carbocycles. The molecule has 110 valence electrons. The van der Waals surface area contributed by atoms with Crippen molar-refractivity contribution in [2.24, 2.45) is 0 Å². The molecule has 1 N–H and O–H groups in total. The van der Waals surface area contributed by atoms with Crippen molar-refractivity contribution in [3.8, 4) is 5.69 Å². The Balaban J connectivity index is 2.57. The van der Waals surface area contributed by atoms with Crippen LogP contribution in [-0.4, -0.2) is 15.6 Å². The van der Waals surface area contributed by atoms with E-state index >= 15 is 0 Å². The second-order valence-corrected chi connectivity index (χ2v) is 4.90. The Labute approximate surface area is 125 Å². The van der Waals surface area contributed by atoms with Crippen molar-refractivity contribution in [1.29, 1.82) is 0 Å². The molecular formula is C17H12FNO3. The first-order chi connectivity index (χ1) is 10.5. The Morgan fingerprint density at radius 3 is 2.41 bits per heavy atom. The van der Waals surface area contributed by atoms with Gasteiger partial charge in [-0.1, -0.05) is 30.3 Å². The summed E-state index contributed by atoms with van der Waals surface area (Å²) >= 11 is 0. The lowest BCUT2D eigenvalue weighted by molar-refractivity contribution is 0.0697. The van der Waals surface area contributed by atoms with Gasteiger partial charge in [0.15, 0.2) is 0 Å². The summed E-state index contributed by atoms with van der Waals surface area (Å²) in [4.78, 5) is 24.3. The van der Waals surface area contributed by atoms with Gasteiger partial charge in [-0.05, 0) is 25.1 Å². The number of rotatable bonds is 2. The summed E-state index contributed by atoms with van der Waals surface area (Å²) in [7, 11) is 0. The van der Waals surface area contributed by atoms with Crippen molar-refractivity contribution in [2.45, 2.75) is 6.92 Å². The van der Waals surface area contributed by atoms with E-state index < -0.39 is 17.3 Å². The van der Waals surface area contributed by atoms with Crippen LogP contribution in [0.2, 0.25) is 0 Å². The SMILES string of the molecule is Cc1c(C(=O)O)c2cccc(F)c2c(=O)n1-c1ccccc1. The number of para-hydroxylation sites is 1. The van der Waals surface area contributed by atoms with Crippen LogP contribution in [0.1, 0.15) is 16.1 Å². The van der Waals surface area contributed by atoms with Gasteiger partial charge < -0.3 is 5.11 Å². The van der Waals surface area contributed by atoms with Crippen LogP contribution in [0.25, 0.3) is 16.5 Å². The molecule has 5 heteroatoms. The number of hydrogen-bond acceptors (Lipinski definition) is 2. The number of aromatic carboxylic acids is 1. The highest BCUT2D eigenvalue weighted by molar-refractivity contribution is 6.04. The van der Waals surface area contributed by atoms with E-state index in [1.807, 2.05) is 0 Å². The van der Waals surface area contributed by atoms with Crippen molar-refractivity contribution < 1.29 is 14.3 Å². The number of carboxylic acid groups (broad SMARTS) is 1. The minimum absolute atomic E-state index is 0.0713. The number of hydrogen-bond donors (Lipinski definition) is 1. The molecule has 0 amide bonds.